The number of carbonyl (C=O) groups is 2. The first-order valence-electron chi connectivity index (χ1n) is 7.98. The first-order chi connectivity index (χ1) is 11.0. The fraction of sp³-hybridized carbons (Fsp3) is 0.529. The van der Waals surface area contributed by atoms with E-state index in [1.54, 1.807) is 11.8 Å². The van der Waals surface area contributed by atoms with Gasteiger partial charge in [-0.3, -0.25) is 9.59 Å². The van der Waals surface area contributed by atoms with Gasteiger partial charge in [0.25, 0.3) is 0 Å². The fourth-order valence-electron chi connectivity index (χ4n) is 2.57. The minimum absolute atomic E-state index is 0. The lowest BCUT2D eigenvalue weighted by molar-refractivity contribution is -0.141. The Labute approximate surface area is 149 Å². The number of morpholine rings is 1. The summed E-state index contributed by atoms with van der Waals surface area (Å²) in [6.07, 6.45) is 0.521. The van der Waals surface area contributed by atoms with E-state index in [4.69, 9.17) is 10.5 Å². The number of nitrogens with two attached hydrogens (primary N) is 1. The van der Waals surface area contributed by atoms with Crippen LogP contribution in [-0.2, 0) is 19.9 Å². The van der Waals surface area contributed by atoms with E-state index < -0.39 is 11.6 Å². The molecule has 7 heteroatoms. The molecule has 1 aromatic carbocycles. The van der Waals surface area contributed by atoms with Gasteiger partial charge in [-0.25, -0.2) is 0 Å². The molecule has 0 bridgehead atoms. The summed E-state index contributed by atoms with van der Waals surface area (Å²) in [4.78, 5) is 26.9. The van der Waals surface area contributed by atoms with Crippen molar-refractivity contribution in [3.8, 4) is 0 Å². The Bertz CT molecular complexity index is 545. The highest BCUT2D eigenvalue weighted by Crippen LogP contribution is 2.18. The molecular weight excluding hydrogens is 330 g/mol. The zero-order valence-corrected chi connectivity index (χ0v) is 15.0. The minimum atomic E-state index is -1.18. The molecule has 1 fully saturated rings. The zero-order valence-electron chi connectivity index (χ0n) is 14.2. The molecule has 0 saturated carbocycles. The summed E-state index contributed by atoms with van der Waals surface area (Å²) in [7, 11) is 0. The predicted molar refractivity (Wildman–Crippen MR) is 94.9 cm³/mol. The molecule has 6 nitrogen and oxygen atoms in total. The second kappa shape index (κ2) is 9.01. The molecule has 1 aromatic rings. The molecule has 24 heavy (non-hydrogen) atoms. The van der Waals surface area contributed by atoms with Gasteiger partial charge in [0.1, 0.15) is 11.6 Å². The summed E-state index contributed by atoms with van der Waals surface area (Å²) in [5.74, 6) is -0.426. The van der Waals surface area contributed by atoms with Crippen molar-refractivity contribution in [1.29, 1.82) is 0 Å². The Balaban J connectivity index is 0.00000288. The number of nitrogens with one attached hydrogen (secondary N) is 1. The maximum atomic E-state index is 12.6. The van der Waals surface area contributed by atoms with Crippen LogP contribution in [0.1, 0.15) is 25.8 Å². The van der Waals surface area contributed by atoms with E-state index in [9.17, 15) is 9.59 Å². The van der Waals surface area contributed by atoms with Gasteiger partial charge in [-0.2, -0.15) is 0 Å². The molecule has 0 radical (unpaired) electrons. The lowest BCUT2D eigenvalue weighted by Gasteiger charge is -2.32. The number of amides is 2. The summed E-state index contributed by atoms with van der Waals surface area (Å²) in [5, 5.41) is 2.81. The van der Waals surface area contributed by atoms with Crippen LogP contribution in [0.4, 0.5) is 0 Å². The molecule has 1 heterocycles. The molecule has 3 N–H and O–H groups in total. The number of halogens is 1. The van der Waals surface area contributed by atoms with Gasteiger partial charge in [-0.15, -0.1) is 12.4 Å². The normalized spacial score (nSPS) is 18.0. The topological polar surface area (TPSA) is 84.7 Å². The van der Waals surface area contributed by atoms with Crippen LogP contribution in [0.15, 0.2) is 30.3 Å². The van der Waals surface area contributed by atoms with Crippen LogP contribution in [0.5, 0.6) is 0 Å². The predicted octanol–water partition coefficient (Wildman–Crippen LogP) is 1.04. The molecule has 0 aliphatic carbocycles. The Hall–Kier alpha value is -1.63. The standard InChI is InChI=1S/C17H25N3O3.ClH/c1-3-14(15(21)20-9-11-23-12-10-20)19-16(22)17(2,18)13-7-5-4-6-8-13;/h4-8,14H,3,9-12,18H2,1-2H3,(H,19,22);1H. The Morgan fingerprint density at radius 3 is 2.42 bits per heavy atom. The number of ether oxygens (including phenoxy) is 1. The van der Waals surface area contributed by atoms with Crippen molar-refractivity contribution in [1.82, 2.24) is 10.2 Å². The third-order valence-electron chi connectivity index (χ3n) is 4.18. The van der Waals surface area contributed by atoms with Gasteiger partial charge < -0.3 is 20.7 Å². The van der Waals surface area contributed by atoms with Crippen molar-refractivity contribution in [2.45, 2.75) is 31.8 Å². The molecule has 1 aliphatic heterocycles. The summed E-state index contributed by atoms with van der Waals surface area (Å²) >= 11 is 0. The molecule has 134 valence electrons. The van der Waals surface area contributed by atoms with Crippen molar-refractivity contribution in [3.05, 3.63) is 35.9 Å². The number of rotatable bonds is 5. The molecule has 1 saturated heterocycles. The number of nitrogens with zero attached hydrogens (tertiary/aromatic N) is 1. The largest absolute Gasteiger partial charge is 0.378 e. The number of carbonyl (C=O) groups excluding carboxylic acids is 2. The third-order valence-corrected chi connectivity index (χ3v) is 4.18. The first-order valence-corrected chi connectivity index (χ1v) is 7.98. The van der Waals surface area contributed by atoms with Gasteiger partial charge >= 0.3 is 0 Å². The maximum absolute atomic E-state index is 12.6. The van der Waals surface area contributed by atoms with E-state index in [1.807, 2.05) is 37.3 Å². The summed E-state index contributed by atoms with van der Waals surface area (Å²) in [5.41, 5.74) is 5.74. The molecular formula is C17H26ClN3O3. The third kappa shape index (κ3) is 4.69. The van der Waals surface area contributed by atoms with E-state index >= 15 is 0 Å². The van der Waals surface area contributed by atoms with Crippen LogP contribution in [0.25, 0.3) is 0 Å². The Kier molecular flexibility index (Phi) is 7.66. The molecule has 0 spiro atoms. The monoisotopic (exact) mass is 355 g/mol. The lowest BCUT2D eigenvalue weighted by atomic mass is 9.92. The Morgan fingerprint density at radius 1 is 1.29 bits per heavy atom. The second-order valence-electron chi connectivity index (χ2n) is 5.94. The van der Waals surface area contributed by atoms with Crippen LogP contribution >= 0.6 is 12.4 Å². The zero-order chi connectivity index (χ0) is 16.9. The quantitative estimate of drug-likeness (QED) is 0.826. The van der Waals surface area contributed by atoms with E-state index in [0.29, 0.717) is 38.3 Å². The van der Waals surface area contributed by atoms with Crippen molar-refractivity contribution >= 4 is 24.2 Å². The van der Waals surface area contributed by atoms with Crippen molar-refractivity contribution < 1.29 is 14.3 Å². The smallest absolute Gasteiger partial charge is 0.245 e. The Morgan fingerprint density at radius 2 is 1.88 bits per heavy atom. The highest BCUT2D eigenvalue weighted by atomic mass is 35.5. The second-order valence-corrected chi connectivity index (χ2v) is 5.94. The average molecular weight is 356 g/mol. The number of benzene rings is 1. The van der Waals surface area contributed by atoms with E-state index in [-0.39, 0.29) is 24.2 Å². The molecule has 2 amide bonds. The van der Waals surface area contributed by atoms with Crippen molar-refractivity contribution in [3.63, 3.8) is 0 Å². The van der Waals surface area contributed by atoms with E-state index in [0.717, 1.165) is 0 Å². The minimum Gasteiger partial charge on any atom is -0.378 e. The fourth-order valence-corrected chi connectivity index (χ4v) is 2.57. The molecule has 2 atom stereocenters. The van der Waals surface area contributed by atoms with Crippen LogP contribution in [0, 0.1) is 0 Å². The highest BCUT2D eigenvalue weighted by Gasteiger charge is 2.34. The van der Waals surface area contributed by atoms with Gasteiger partial charge in [0.15, 0.2) is 0 Å². The van der Waals surface area contributed by atoms with Crippen LogP contribution < -0.4 is 11.1 Å². The van der Waals surface area contributed by atoms with Crippen LogP contribution in [0.2, 0.25) is 0 Å². The highest BCUT2D eigenvalue weighted by molar-refractivity contribution is 5.92. The number of hydrogen-bond donors (Lipinski definition) is 2. The van der Waals surface area contributed by atoms with Crippen molar-refractivity contribution in [2.75, 3.05) is 26.3 Å². The van der Waals surface area contributed by atoms with Gasteiger partial charge in [0.2, 0.25) is 11.8 Å². The SMILES string of the molecule is CCC(NC(=O)C(C)(N)c1ccccc1)C(=O)N1CCOCC1.Cl. The van der Waals surface area contributed by atoms with Gasteiger partial charge in [-0.1, -0.05) is 37.3 Å². The van der Waals surface area contributed by atoms with Crippen molar-refractivity contribution in [2.24, 2.45) is 5.73 Å². The van der Waals surface area contributed by atoms with Crippen LogP contribution in [0.3, 0.4) is 0 Å². The summed E-state index contributed by atoms with van der Waals surface area (Å²) < 4.78 is 5.26. The number of hydrogen-bond acceptors (Lipinski definition) is 4. The summed E-state index contributed by atoms with van der Waals surface area (Å²) in [6.45, 7) is 5.72. The summed E-state index contributed by atoms with van der Waals surface area (Å²) in [6, 6.07) is 8.60. The maximum Gasteiger partial charge on any atom is 0.245 e. The first kappa shape index (κ1) is 20.4. The molecule has 0 aromatic heterocycles. The molecule has 2 rings (SSSR count). The van der Waals surface area contributed by atoms with Gasteiger partial charge in [0, 0.05) is 13.1 Å². The van der Waals surface area contributed by atoms with Gasteiger partial charge in [0.05, 0.1) is 13.2 Å². The van der Waals surface area contributed by atoms with Gasteiger partial charge in [-0.05, 0) is 18.9 Å². The van der Waals surface area contributed by atoms with E-state index in [2.05, 4.69) is 5.32 Å². The van der Waals surface area contributed by atoms with E-state index in [1.165, 1.54) is 0 Å². The van der Waals surface area contributed by atoms with Crippen LogP contribution in [-0.4, -0.2) is 49.1 Å². The lowest BCUT2D eigenvalue weighted by Crippen LogP contribution is -2.57. The molecule has 2 unspecified atom stereocenters. The average Bonchev–Trinajstić information content (AvgIpc) is 2.60. The molecule has 1 aliphatic rings.